The molecule has 1 amide bonds. The Morgan fingerprint density at radius 3 is 1.30 bits per heavy atom. The van der Waals surface area contributed by atoms with E-state index in [1.165, 1.54) is 116 Å². The summed E-state index contributed by atoms with van der Waals surface area (Å²) < 4.78 is 34.3. The van der Waals surface area contributed by atoms with Crippen LogP contribution in [0.5, 0.6) is 0 Å². The third-order valence-corrected chi connectivity index (χ3v) is 16.0. The van der Waals surface area contributed by atoms with Crippen LogP contribution in [0.25, 0.3) is 0 Å². The van der Waals surface area contributed by atoms with Gasteiger partial charge in [0.2, 0.25) is 5.91 Å². The molecule has 0 bridgehead atoms. The lowest BCUT2D eigenvalue weighted by Gasteiger charge is -2.48. The molecule has 0 aromatic heterocycles. The highest BCUT2D eigenvalue weighted by molar-refractivity contribution is 5.76. The zero-order valence-corrected chi connectivity index (χ0v) is 49.1. The van der Waals surface area contributed by atoms with Crippen LogP contribution >= 0.6 is 0 Å². The minimum atomic E-state index is -1.97. The summed E-state index contributed by atoms with van der Waals surface area (Å²) in [6.45, 7) is 1.77. The van der Waals surface area contributed by atoms with Gasteiger partial charge < -0.3 is 89.9 Å². The minimum Gasteiger partial charge on any atom is -0.394 e. The molecule has 0 saturated carbocycles. The molecule has 3 rings (SSSR count). The van der Waals surface area contributed by atoms with Crippen molar-refractivity contribution in [1.29, 1.82) is 0 Å². The average Bonchev–Trinajstić information content (AvgIpc) is 3.50. The fourth-order valence-corrected chi connectivity index (χ4v) is 10.8. The molecule has 3 aliphatic heterocycles. The Hall–Kier alpha value is -1.73. The second-order valence-electron chi connectivity index (χ2n) is 22.9. The number of rotatable bonds is 47. The fraction of sp³-hybridized carbons (Fsp3) is 0.918. The molecule has 19 heteroatoms. The van der Waals surface area contributed by atoms with Crippen LogP contribution in [0.15, 0.2) is 24.3 Å². The van der Waals surface area contributed by atoms with Crippen molar-refractivity contribution in [1.82, 2.24) is 5.32 Å². The summed E-state index contributed by atoms with van der Waals surface area (Å²) in [6, 6.07) is -0.889. The lowest BCUT2D eigenvalue weighted by molar-refractivity contribution is -0.379. The van der Waals surface area contributed by atoms with E-state index in [1.54, 1.807) is 0 Å². The van der Waals surface area contributed by atoms with E-state index in [4.69, 9.17) is 28.4 Å². The van der Waals surface area contributed by atoms with E-state index in [0.717, 1.165) is 77.0 Å². The summed E-state index contributed by atoms with van der Waals surface area (Å²) in [4.78, 5) is 13.4. The maximum absolute atomic E-state index is 13.4. The predicted octanol–water partition coefficient (Wildman–Crippen LogP) is 6.32. The molecule has 0 spiro atoms. The van der Waals surface area contributed by atoms with Gasteiger partial charge in [0.15, 0.2) is 18.9 Å². The summed E-state index contributed by atoms with van der Waals surface area (Å²) >= 11 is 0. The zero-order valence-electron chi connectivity index (χ0n) is 49.1. The van der Waals surface area contributed by atoms with Crippen molar-refractivity contribution in [3.8, 4) is 0 Å². The van der Waals surface area contributed by atoms with Gasteiger partial charge in [-0.3, -0.25) is 4.79 Å². The molecule has 0 aromatic carbocycles. The topological polar surface area (TPSA) is 307 Å². The summed E-state index contributed by atoms with van der Waals surface area (Å²) in [7, 11) is 0. The first-order valence-electron chi connectivity index (χ1n) is 31.6. The Balaban J connectivity index is 1.48. The van der Waals surface area contributed by atoms with Gasteiger partial charge >= 0.3 is 0 Å². The van der Waals surface area contributed by atoms with Gasteiger partial charge in [0.25, 0.3) is 0 Å². The highest BCUT2D eigenvalue weighted by Gasteiger charge is 2.53. The van der Waals surface area contributed by atoms with Crippen molar-refractivity contribution in [2.75, 3.05) is 26.4 Å². The van der Waals surface area contributed by atoms with Gasteiger partial charge in [0.05, 0.1) is 38.6 Å². The molecule has 470 valence electrons. The molecule has 3 saturated heterocycles. The molecule has 3 fully saturated rings. The zero-order chi connectivity index (χ0) is 58.3. The van der Waals surface area contributed by atoms with E-state index >= 15 is 0 Å². The molecule has 0 radical (unpaired) electrons. The number of amides is 1. The molecule has 19 nitrogen and oxygen atoms in total. The first-order chi connectivity index (χ1) is 38.8. The van der Waals surface area contributed by atoms with Gasteiger partial charge in [0, 0.05) is 6.42 Å². The lowest BCUT2D eigenvalue weighted by atomic mass is 9.96. The number of hydrogen-bond acceptors (Lipinski definition) is 18. The Morgan fingerprint density at radius 2 is 0.825 bits per heavy atom. The summed E-state index contributed by atoms with van der Waals surface area (Å²) in [5, 5.41) is 120. The molecule has 80 heavy (non-hydrogen) atoms. The predicted molar refractivity (Wildman–Crippen MR) is 305 cm³/mol. The van der Waals surface area contributed by atoms with E-state index < -0.39 is 124 Å². The number of unbranched alkanes of at least 4 members (excludes halogenated alkanes) is 27. The Labute approximate surface area is 479 Å². The number of aliphatic hydroxyl groups excluding tert-OH is 11. The quantitative estimate of drug-likeness (QED) is 0.0234. The van der Waals surface area contributed by atoms with Gasteiger partial charge in [-0.2, -0.15) is 0 Å². The van der Waals surface area contributed by atoms with Gasteiger partial charge in [-0.15, -0.1) is 0 Å². The van der Waals surface area contributed by atoms with Crippen molar-refractivity contribution in [2.45, 2.75) is 330 Å². The fourth-order valence-electron chi connectivity index (χ4n) is 10.8. The van der Waals surface area contributed by atoms with Crippen LogP contribution in [-0.4, -0.2) is 193 Å². The summed E-state index contributed by atoms with van der Waals surface area (Å²) in [6.07, 6.45) is 19.6. The van der Waals surface area contributed by atoms with Gasteiger partial charge in [-0.05, 0) is 44.9 Å². The van der Waals surface area contributed by atoms with Gasteiger partial charge in [-0.1, -0.05) is 199 Å². The molecular formula is C61H113NO18. The molecular weight excluding hydrogens is 1030 g/mol. The largest absolute Gasteiger partial charge is 0.394 e. The maximum Gasteiger partial charge on any atom is 0.220 e. The minimum absolute atomic E-state index is 0.250. The van der Waals surface area contributed by atoms with Crippen molar-refractivity contribution in [2.24, 2.45) is 0 Å². The van der Waals surface area contributed by atoms with E-state index in [1.807, 2.05) is 0 Å². The van der Waals surface area contributed by atoms with Crippen LogP contribution < -0.4 is 5.32 Å². The highest BCUT2D eigenvalue weighted by Crippen LogP contribution is 2.33. The number of hydrogen-bond donors (Lipinski definition) is 12. The Bertz CT molecular complexity index is 1560. The number of allylic oxidation sites excluding steroid dienone is 4. The third-order valence-electron chi connectivity index (χ3n) is 16.0. The van der Waals surface area contributed by atoms with E-state index in [0.29, 0.717) is 12.8 Å². The molecule has 3 aliphatic rings. The van der Waals surface area contributed by atoms with Crippen LogP contribution in [0.2, 0.25) is 0 Å². The van der Waals surface area contributed by atoms with Crippen LogP contribution in [0.4, 0.5) is 0 Å². The number of nitrogens with one attached hydrogen (secondary N) is 1. The van der Waals surface area contributed by atoms with Crippen molar-refractivity contribution < 1.29 is 89.4 Å². The number of carbonyl (C=O) groups is 1. The number of ether oxygens (including phenoxy) is 6. The van der Waals surface area contributed by atoms with Crippen LogP contribution in [0.1, 0.15) is 226 Å². The maximum atomic E-state index is 13.4. The summed E-state index contributed by atoms with van der Waals surface area (Å²) in [5.74, 6) is -0.250. The normalized spacial score (nSPS) is 30.1. The van der Waals surface area contributed by atoms with E-state index in [9.17, 15) is 61.0 Å². The number of carbonyl (C=O) groups excluding carboxylic acids is 1. The molecule has 0 aliphatic carbocycles. The molecule has 17 atom stereocenters. The van der Waals surface area contributed by atoms with Gasteiger partial charge in [0.1, 0.15) is 73.2 Å². The Morgan fingerprint density at radius 1 is 0.450 bits per heavy atom. The smallest absolute Gasteiger partial charge is 0.220 e. The molecule has 0 aromatic rings. The first-order valence-corrected chi connectivity index (χ1v) is 31.6. The molecule has 17 unspecified atom stereocenters. The monoisotopic (exact) mass is 1150 g/mol. The second-order valence-corrected chi connectivity index (χ2v) is 22.9. The van der Waals surface area contributed by atoms with Crippen LogP contribution in [0, 0.1) is 0 Å². The van der Waals surface area contributed by atoms with Gasteiger partial charge in [-0.25, -0.2) is 0 Å². The SMILES string of the molecule is CCCCC/C=C\C/C=C\CCCCCCCCCC(=O)NC(COC1OC(CO)C(OC2OC(CO)C(OC3OC(CO)C(O)C(O)C3O)C(O)C2O)C(O)C1O)C(O)CCCCCCCCCCCCCCCCCCCC. The summed E-state index contributed by atoms with van der Waals surface area (Å²) in [5.41, 5.74) is 0. The second kappa shape index (κ2) is 44.7. The van der Waals surface area contributed by atoms with Crippen molar-refractivity contribution in [3.05, 3.63) is 24.3 Å². The van der Waals surface area contributed by atoms with Crippen molar-refractivity contribution in [3.63, 3.8) is 0 Å². The molecule has 3 heterocycles. The third kappa shape index (κ3) is 28.0. The number of aliphatic hydroxyl groups is 11. The lowest BCUT2D eigenvalue weighted by Crippen LogP contribution is -2.66. The van der Waals surface area contributed by atoms with Crippen molar-refractivity contribution >= 4 is 5.91 Å². The standard InChI is InChI=1S/C61H113NO18/c1-3-5-7-9-11-13-15-17-19-21-23-24-26-28-30-32-34-36-38-45(66)44(62-49(67)39-37-35-33-31-29-27-25-22-20-18-16-14-12-10-8-6-4-2)43-75-59-55(73)52(70)57(47(41-64)77-59)80-61-56(74)53(71)58(48(42-65)78-61)79-60-54(72)51(69)50(68)46(40-63)76-60/h12,14,18,20,44-48,50-61,63-66,68-74H,3-11,13,15-17,19,21-43H2,1-2H3,(H,62,67)/b14-12-,20-18-. The van der Waals surface area contributed by atoms with Crippen LogP contribution in [-0.2, 0) is 33.2 Å². The van der Waals surface area contributed by atoms with E-state index in [-0.39, 0.29) is 18.9 Å². The average molecular weight is 1150 g/mol. The molecule has 12 N–H and O–H groups in total. The Kier molecular flexibility index (Phi) is 40.5. The highest BCUT2D eigenvalue weighted by atomic mass is 16.8. The first kappa shape index (κ1) is 72.5. The van der Waals surface area contributed by atoms with Crippen LogP contribution in [0.3, 0.4) is 0 Å². The van der Waals surface area contributed by atoms with E-state index in [2.05, 4.69) is 43.5 Å².